The van der Waals surface area contributed by atoms with Gasteiger partial charge in [-0.05, 0) is 5.92 Å². The number of rotatable bonds is 4. The molecular formula is C15H17BrF3NO6S. The Kier molecular flexibility index (Phi) is 4.73. The summed E-state index contributed by atoms with van der Waals surface area (Å²) in [5, 5.41) is 0. The highest BCUT2D eigenvalue weighted by molar-refractivity contribution is 9.09. The molecule has 2 aliphatic carbocycles. The summed E-state index contributed by atoms with van der Waals surface area (Å²) in [5.41, 5.74) is -6.46. The molecule has 1 heterocycles. The van der Waals surface area contributed by atoms with Crippen molar-refractivity contribution >= 4 is 32.1 Å². The molecule has 1 aliphatic heterocycles. The van der Waals surface area contributed by atoms with Gasteiger partial charge >= 0.3 is 21.7 Å². The van der Waals surface area contributed by atoms with Gasteiger partial charge in [-0.15, -0.1) is 6.58 Å². The summed E-state index contributed by atoms with van der Waals surface area (Å²) >= 11 is 3.51. The van der Waals surface area contributed by atoms with Gasteiger partial charge in [0.25, 0.3) is 0 Å². The third-order valence-corrected chi connectivity index (χ3v) is 7.75. The molecule has 7 nitrogen and oxygen atoms in total. The maximum absolute atomic E-state index is 12.9. The van der Waals surface area contributed by atoms with Gasteiger partial charge in [-0.2, -0.15) is 21.6 Å². The Labute approximate surface area is 162 Å². The number of nitrogens with zero attached hydrogens (tertiary/aromatic N) is 1. The van der Waals surface area contributed by atoms with E-state index in [0.29, 0.717) is 0 Å². The van der Waals surface area contributed by atoms with Crippen molar-refractivity contribution in [3.8, 4) is 0 Å². The molecule has 2 fully saturated rings. The number of alkyl halides is 4. The fourth-order valence-electron chi connectivity index (χ4n) is 4.50. The van der Waals surface area contributed by atoms with Crippen molar-refractivity contribution in [3.63, 3.8) is 0 Å². The lowest BCUT2D eigenvalue weighted by atomic mass is 9.67. The zero-order valence-electron chi connectivity index (χ0n) is 14.3. The molecule has 5 unspecified atom stereocenters. The Morgan fingerprint density at radius 2 is 2.04 bits per heavy atom. The van der Waals surface area contributed by atoms with Crippen molar-refractivity contribution in [2.45, 2.75) is 22.8 Å². The first-order valence-corrected chi connectivity index (χ1v) is 10.2. The number of carbonyl (C=O) groups is 1. The van der Waals surface area contributed by atoms with Crippen molar-refractivity contribution in [1.82, 2.24) is 4.90 Å². The molecule has 1 saturated carbocycles. The molecule has 3 rings (SSSR count). The van der Waals surface area contributed by atoms with Crippen molar-refractivity contribution in [1.29, 1.82) is 0 Å². The smallest absolute Gasteiger partial charge is 0.498 e. The Morgan fingerprint density at radius 1 is 1.41 bits per heavy atom. The van der Waals surface area contributed by atoms with Crippen LogP contribution in [0.25, 0.3) is 0 Å². The van der Waals surface area contributed by atoms with Crippen LogP contribution in [0.4, 0.5) is 18.0 Å². The van der Waals surface area contributed by atoms with Crippen LogP contribution in [0.15, 0.2) is 24.2 Å². The highest BCUT2D eigenvalue weighted by Gasteiger charge is 2.71. The van der Waals surface area contributed by atoms with Gasteiger partial charge in [0.15, 0.2) is 5.76 Å². The molecule has 4 bridgehead atoms. The van der Waals surface area contributed by atoms with Crippen LogP contribution < -0.4 is 0 Å². The van der Waals surface area contributed by atoms with Gasteiger partial charge in [-0.3, -0.25) is 0 Å². The summed E-state index contributed by atoms with van der Waals surface area (Å²) in [7, 11) is -3.49. The Balaban J connectivity index is 2.13. The number of hydrogen-bond donors (Lipinski definition) is 0. The maximum Gasteiger partial charge on any atom is 0.534 e. The van der Waals surface area contributed by atoms with E-state index >= 15 is 0 Å². The topological polar surface area (TPSA) is 82.1 Å². The highest BCUT2D eigenvalue weighted by Crippen LogP contribution is 2.66. The highest BCUT2D eigenvalue weighted by atomic mass is 79.9. The normalized spacial score (nSPS) is 35.3. The van der Waals surface area contributed by atoms with Crippen LogP contribution in [0.2, 0.25) is 0 Å². The van der Waals surface area contributed by atoms with Crippen LogP contribution in [0.5, 0.6) is 0 Å². The summed E-state index contributed by atoms with van der Waals surface area (Å²) in [5.74, 6) is -1.47. The van der Waals surface area contributed by atoms with Gasteiger partial charge < -0.3 is 18.6 Å². The number of halogens is 4. The molecule has 12 heteroatoms. The Hall–Kier alpha value is -1.43. The van der Waals surface area contributed by atoms with Crippen molar-refractivity contribution in [2.24, 2.45) is 17.3 Å². The first-order chi connectivity index (χ1) is 12.4. The molecule has 0 aromatic heterocycles. The van der Waals surface area contributed by atoms with E-state index in [1.165, 1.54) is 19.1 Å². The fourth-order valence-corrected chi connectivity index (χ4v) is 6.30. The number of hydrogen-bond acceptors (Lipinski definition) is 6. The molecule has 0 radical (unpaired) electrons. The van der Waals surface area contributed by atoms with Gasteiger partial charge in [0.2, 0.25) is 0 Å². The third kappa shape index (κ3) is 2.66. The third-order valence-electron chi connectivity index (χ3n) is 5.61. The molecule has 0 spiro atoms. The lowest BCUT2D eigenvalue weighted by Gasteiger charge is -2.42. The lowest BCUT2D eigenvalue weighted by molar-refractivity contribution is -0.0536. The van der Waals surface area contributed by atoms with Crippen molar-refractivity contribution in [3.05, 3.63) is 24.2 Å². The van der Waals surface area contributed by atoms with Gasteiger partial charge in [0.05, 0.1) is 26.2 Å². The molecule has 0 aromatic carbocycles. The first kappa shape index (κ1) is 20.3. The van der Waals surface area contributed by atoms with E-state index in [2.05, 4.69) is 26.7 Å². The lowest BCUT2D eigenvalue weighted by Crippen LogP contribution is -2.49. The van der Waals surface area contributed by atoms with Gasteiger partial charge in [-0.25, -0.2) is 4.79 Å². The second kappa shape index (κ2) is 6.29. The van der Waals surface area contributed by atoms with Crippen LogP contribution in [-0.2, 0) is 23.8 Å². The van der Waals surface area contributed by atoms with E-state index < -0.39 is 44.9 Å². The monoisotopic (exact) mass is 475 g/mol. The van der Waals surface area contributed by atoms with E-state index in [1.807, 2.05) is 0 Å². The quantitative estimate of drug-likeness (QED) is 0.269. The average Bonchev–Trinajstić information content (AvgIpc) is 3.02. The van der Waals surface area contributed by atoms with Crippen LogP contribution in [0.3, 0.4) is 0 Å². The second-order valence-electron chi connectivity index (χ2n) is 6.61. The van der Waals surface area contributed by atoms with Gasteiger partial charge in [0.1, 0.15) is 5.76 Å². The number of methoxy groups -OCH3 is 2. The predicted octanol–water partition coefficient (Wildman–Crippen LogP) is 2.75. The van der Waals surface area contributed by atoms with Gasteiger partial charge in [-0.1, -0.05) is 22.0 Å². The van der Waals surface area contributed by atoms with E-state index in [0.717, 1.165) is 0 Å². The molecule has 152 valence electrons. The minimum absolute atomic E-state index is 0.00830. The zero-order chi connectivity index (χ0) is 20.4. The molecule has 1 saturated heterocycles. The summed E-state index contributed by atoms with van der Waals surface area (Å²) in [6, 6.07) is -0.675. The number of amides is 1. The Morgan fingerprint density at radius 3 is 2.52 bits per heavy atom. The molecule has 0 N–H and O–H groups in total. The van der Waals surface area contributed by atoms with E-state index in [4.69, 9.17) is 9.47 Å². The molecule has 1 amide bonds. The second-order valence-corrected chi connectivity index (χ2v) is 9.21. The number of likely N-dealkylation sites (tertiary alicyclic amines) is 1. The molecule has 0 aromatic rings. The largest absolute Gasteiger partial charge is 0.534 e. The van der Waals surface area contributed by atoms with E-state index in [1.54, 1.807) is 6.08 Å². The zero-order valence-corrected chi connectivity index (χ0v) is 16.7. The predicted molar refractivity (Wildman–Crippen MR) is 89.9 cm³/mol. The van der Waals surface area contributed by atoms with Crippen LogP contribution in [0.1, 0.15) is 6.42 Å². The summed E-state index contributed by atoms with van der Waals surface area (Å²) < 4.78 is 76.5. The molecule has 5 atom stereocenters. The SMILES string of the molecule is C=CC12CN(C(=O)OC)C3C(Br)C1CC(OC)=C(OS(=O)(=O)C(F)(F)F)C32. The maximum atomic E-state index is 12.9. The van der Waals surface area contributed by atoms with Crippen LogP contribution >= 0.6 is 15.9 Å². The summed E-state index contributed by atoms with van der Waals surface area (Å²) in [6.07, 6.45) is 1.02. The molecule has 27 heavy (non-hydrogen) atoms. The van der Waals surface area contributed by atoms with Gasteiger partial charge in [0, 0.05) is 23.2 Å². The first-order valence-electron chi connectivity index (χ1n) is 7.85. The minimum Gasteiger partial charge on any atom is -0.498 e. The fraction of sp³-hybridized carbons (Fsp3) is 0.667. The number of ether oxygens (including phenoxy) is 2. The number of carbonyl (C=O) groups excluding carboxylic acids is 1. The number of piperidine rings is 1. The van der Waals surface area contributed by atoms with Crippen molar-refractivity contribution < 1.29 is 40.0 Å². The minimum atomic E-state index is -5.90. The average molecular weight is 476 g/mol. The van der Waals surface area contributed by atoms with E-state index in [-0.39, 0.29) is 29.5 Å². The summed E-state index contributed by atoms with van der Waals surface area (Å²) in [6.45, 7) is 3.92. The van der Waals surface area contributed by atoms with E-state index in [9.17, 15) is 26.4 Å². The Bertz CT molecular complexity index is 813. The van der Waals surface area contributed by atoms with Crippen LogP contribution in [0, 0.1) is 17.3 Å². The van der Waals surface area contributed by atoms with Crippen molar-refractivity contribution in [2.75, 3.05) is 20.8 Å². The summed E-state index contributed by atoms with van der Waals surface area (Å²) in [4.78, 5) is 13.2. The molecular weight excluding hydrogens is 459 g/mol. The molecule has 3 aliphatic rings. The standard InChI is InChI=1S/C15H17BrF3NO6S/c1-4-14-6-20(13(21)25-3)11-9(14)12(26-27(22,23)15(17,18)19)8(24-2)5-7(14)10(11)16/h4,7,9-11H,1,5-6H2,2-3H3. The number of allylic oxidation sites excluding steroid dienone is 1. The van der Waals surface area contributed by atoms with Crippen LogP contribution in [-0.4, -0.2) is 56.6 Å².